The molecule has 1 heterocycles. The van der Waals surface area contributed by atoms with Crippen molar-refractivity contribution in [2.75, 3.05) is 13.1 Å². The summed E-state index contributed by atoms with van der Waals surface area (Å²) < 4.78 is 0. The van der Waals surface area contributed by atoms with Gasteiger partial charge in [-0.3, -0.25) is 0 Å². The third-order valence-corrected chi connectivity index (χ3v) is 2.88. The highest BCUT2D eigenvalue weighted by Gasteiger charge is 2.20. The van der Waals surface area contributed by atoms with E-state index in [0.29, 0.717) is 5.92 Å². The fourth-order valence-corrected chi connectivity index (χ4v) is 1.54. The fourth-order valence-electron chi connectivity index (χ4n) is 1.54. The standard InChI is InChI=1S/C11H18N2/c1-4-10(5-12)8(2)9(3)11-6-13-7-11/h4-5,11-13H,6-7H2,1-3H3/b9-8-,10-4+,12-5?. The second-order valence-electron chi connectivity index (χ2n) is 3.55. The maximum Gasteiger partial charge on any atom is 0.0249 e. The smallest absolute Gasteiger partial charge is 0.0249 e. The summed E-state index contributed by atoms with van der Waals surface area (Å²) in [7, 11) is 0. The van der Waals surface area contributed by atoms with Crippen LogP contribution >= 0.6 is 0 Å². The van der Waals surface area contributed by atoms with Crippen molar-refractivity contribution in [1.82, 2.24) is 5.32 Å². The van der Waals surface area contributed by atoms with Crippen LogP contribution in [0.5, 0.6) is 0 Å². The molecule has 2 heteroatoms. The number of allylic oxidation sites excluding steroid dienone is 3. The second kappa shape index (κ2) is 4.38. The predicted octanol–water partition coefficient (Wildman–Crippen LogP) is 2.14. The molecule has 0 spiro atoms. The van der Waals surface area contributed by atoms with Gasteiger partial charge in [0.15, 0.2) is 0 Å². The van der Waals surface area contributed by atoms with E-state index in [-0.39, 0.29) is 0 Å². The lowest BCUT2D eigenvalue weighted by Crippen LogP contribution is -2.42. The Balaban J connectivity index is 2.82. The van der Waals surface area contributed by atoms with E-state index in [0.717, 1.165) is 18.7 Å². The molecule has 0 saturated carbocycles. The van der Waals surface area contributed by atoms with E-state index in [1.807, 2.05) is 13.0 Å². The Kier molecular flexibility index (Phi) is 3.43. The van der Waals surface area contributed by atoms with Crippen molar-refractivity contribution in [2.45, 2.75) is 20.8 Å². The van der Waals surface area contributed by atoms with Crippen molar-refractivity contribution >= 4 is 6.21 Å². The van der Waals surface area contributed by atoms with Gasteiger partial charge in [0.25, 0.3) is 0 Å². The number of nitrogens with one attached hydrogen (secondary N) is 2. The van der Waals surface area contributed by atoms with Gasteiger partial charge in [-0.05, 0) is 31.9 Å². The van der Waals surface area contributed by atoms with Crippen LogP contribution in [0.2, 0.25) is 0 Å². The minimum Gasteiger partial charge on any atom is -0.315 e. The van der Waals surface area contributed by atoms with Crippen LogP contribution in [0.4, 0.5) is 0 Å². The lowest BCUT2D eigenvalue weighted by atomic mass is 9.89. The normalized spacial score (nSPS) is 20.7. The summed E-state index contributed by atoms with van der Waals surface area (Å²) >= 11 is 0. The van der Waals surface area contributed by atoms with Crippen LogP contribution in [-0.4, -0.2) is 19.3 Å². The van der Waals surface area contributed by atoms with E-state index in [4.69, 9.17) is 5.41 Å². The van der Waals surface area contributed by atoms with Crippen LogP contribution in [0.1, 0.15) is 20.8 Å². The molecule has 0 aliphatic carbocycles. The van der Waals surface area contributed by atoms with Gasteiger partial charge in [0.05, 0.1) is 0 Å². The highest BCUT2D eigenvalue weighted by molar-refractivity contribution is 5.82. The van der Waals surface area contributed by atoms with Crippen LogP contribution in [-0.2, 0) is 0 Å². The van der Waals surface area contributed by atoms with Gasteiger partial charge in [0, 0.05) is 25.2 Å². The first kappa shape index (κ1) is 10.2. The Morgan fingerprint density at radius 1 is 1.38 bits per heavy atom. The molecule has 0 aromatic carbocycles. The van der Waals surface area contributed by atoms with E-state index in [2.05, 4.69) is 19.2 Å². The first-order valence-corrected chi connectivity index (χ1v) is 4.76. The Hall–Kier alpha value is -0.890. The Morgan fingerprint density at radius 3 is 2.31 bits per heavy atom. The summed E-state index contributed by atoms with van der Waals surface area (Å²) in [5.74, 6) is 0.690. The van der Waals surface area contributed by atoms with Gasteiger partial charge in [0.2, 0.25) is 0 Å². The van der Waals surface area contributed by atoms with E-state index >= 15 is 0 Å². The lowest BCUT2D eigenvalue weighted by molar-refractivity contribution is 0.397. The molecule has 2 N–H and O–H groups in total. The van der Waals surface area contributed by atoms with Crippen molar-refractivity contribution < 1.29 is 0 Å². The summed E-state index contributed by atoms with van der Waals surface area (Å²) in [4.78, 5) is 0. The topological polar surface area (TPSA) is 35.9 Å². The average molecular weight is 178 g/mol. The molecule has 1 aliphatic heterocycles. The number of rotatable bonds is 3. The summed E-state index contributed by atoms with van der Waals surface area (Å²) in [6.45, 7) is 8.45. The fraction of sp³-hybridized carbons (Fsp3) is 0.545. The van der Waals surface area contributed by atoms with Crippen molar-refractivity contribution in [2.24, 2.45) is 5.92 Å². The van der Waals surface area contributed by atoms with Crippen molar-refractivity contribution in [3.8, 4) is 0 Å². The van der Waals surface area contributed by atoms with Crippen molar-refractivity contribution in [1.29, 1.82) is 5.41 Å². The zero-order valence-electron chi connectivity index (χ0n) is 8.65. The summed E-state index contributed by atoms with van der Waals surface area (Å²) in [5.41, 5.74) is 3.74. The molecule has 0 radical (unpaired) electrons. The van der Waals surface area contributed by atoms with E-state index in [1.54, 1.807) is 0 Å². The van der Waals surface area contributed by atoms with Crippen LogP contribution in [0.25, 0.3) is 0 Å². The number of hydrogen-bond donors (Lipinski definition) is 2. The molecule has 1 fully saturated rings. The Labute approximate surface area is 80.2 Å². The van der Waals surface area contributed by atoms with Crippen molar-refractivity contribution in [3.05, 3.63) is 22.8 Å². The molecule has 0 amide bonds. The van der Waals surface area contributed by atoms with E-state index in [1.165, 1.54) is 17.4 Å². The van der Waals surface area contributed by atoms with Gasteiger partial charge in [-0.25, -0.2) is 0 Å². The number of hydrogen-bond acceptors (Lipinski definition) is 2. The molecule has 0 aromatic heterocycles. The third-order valence-electron chi connectivity index (χ3n) is 2.88. The molecule has 0 bridgehead atoms. The molecule has 0 aromatic rings. The van der Waals surface area contributed by atoms with Crippen LogP contribution in [0.15, 0.2) is 22.8 Å². The van der Waals surface area contributed by atoms with Crippen LogP contribution in [0, 0.1) is 11.3 Å². The maximum atomic E-state index is 7.26. The monoisotopic (exact) mass is 178 g/mol. The molecule has 0 atom stereocenters. The predicted molar refractivity (Wildman–Crippen MR) is 57.3 cm³/mol. The SMILES string of the molecule is C/C=C(C=N)/C(C)=C(/C)C1CNC1. The van der Waals surface area contributed by atoms with Gasteiger partial charge in [-0.2, -0.15) is 0 Å². The van der Waals surface area contributed by atoms with Gasteiger partial charge >= 0.3 is 0 Å². The quantitative estimate of drug-likeness (QED) is 0.504. The lowest BCUT2D eigenvalue weighted by Gasteiger charge is -2.29. The largest absolute Gasteiger partial charge is 0.315 e. The molecule has 1 rings (SSSR count). The van der Waals surface area contributed by atoms with Crippen molar-refractivity contribution in [3.63, 3.8) is 0 Å². The van der Waals surface area contributed by atoms with Gasteiger partial charge < -0.3 is 10.7 Å². The summed E-state index contributed by atoms with van der Waals surface area (Å²) in [6, 6.07) is 0. The molecule has 2 nitrogen and oxygen atoms in total. The molecule has 1 saturated heterocycles. The zero-order chi connectivity index (χ0) is 9.84. The minimum absolute atomic E-state index is 0.690. The maximum absolute atomic E-state index is 7.26. The Bertz CT molecular complexity index is 257. The van der Waals surface area contributed by atoms with Gasteiger partial charge in [-0.1, -0.05) is 11.6 Å². The molecule has 13 heavy (non-hydrogen) atoms. The van der Waals surface area contributed by atoms with Gasteiger partial charge in [-0.15, -0.1) is 0 Å². The Morgan fingerprint density at radius 2 is 2.00 bits per heavy atom. The van der Waals surface area contributed by atoms with Crippen LogP contribution < -0.4 is 5.32 Å². The third kappa shape index (κ3) is 2.07. The second-order valence-corrected chi connectivity index (χ2v) is 3.55. The first-order valence-electron chi connectivity index (χ1n) is 4.76. The van der Waals surface area contributed by atoms with E-state index < -0.39 is 0 Å². The highest BCUT2D eigenvalue weighted by Crippen LogP contribution is 2.22. The highest BCUT2D eigenvalue weighted by atomic mass is 14.9. The zero-order valence-corrected chi connectivity index (χ0v) is 8.65. The average Bonchev–Trinajstić information content (AvgIpc) is 2.03. The van der Waals surface area contributed by atoms with Gasteiger partial charge in [0.1, 0.15) is 0 Å². The molecular formula is C11H18N2. The molecule has 1 aliphatic rings. The summed E-state index contributed by atoms with van der Waals surface area (Å²) in [5, 5.41) is 10.5. The molecular weight excluding hydrogens is 160 g/mol. The van der Waals surface area contributed by atoms with E-state index in [9.17, 15) is 0 Å². The minimum atomic E-state index is 0.690. The molecule has 0 unspecified atom stereocenters. The molecule has 72 valence electrons. The van der Waals surface area contributed by atoms with Crippen LogP contribution in [0.3, 0.4) is 0 Å². The summed E-state index contributed by atoms with van der Waals surface area (Å²) in [6.07, 6.45) is 3.43. The first-order chi connectivity index (χ1) is 6.20.